The summed E-state index contributed by atoms with van der Waals surface area (Å²) < 4.78 is 0. The van der Waals surface area contributed by atoms with Crippen molar-refractivity contribution in [1.82, 2.24) is 9.88 Å². The second kappa shape index (κ2) is 6.25. The fraction of sp³-hybridized carbons (Fsp3) is 0.167. The Balaban J connectivity index is 1.80. The molecule has 0 unspecified atom stereocenters. The smallest absolute Gasteiger partial charge is 0.0871 e. The Labute approximate surface area is 124 Å². The first kappa shape index (κ1) is 13.4. The minimum absolute atomic E-state index is 0.425. The molecule has 0 aliphatic rings. The van der Waals surface area contributed by atoms with E-state index in [9.17, 15) is 0 Å². The Morgan fingerprint density at radius 3 is 2.52 bits per heavy atom. The van der Waals surface area contributed by atoms with Crippen molar-refractivity contribution < 1.29 is 0 Å². The maximum absolute atomic E-state index is 9.06. The molecule has 0 amide bonds. The molecule has 0 aliphatic carbocycles. The third-order valence-corrected chi connectivity index (χ3v) is 3.61. The third-order valence-electron chi connectivity index (χ3n) is 3.61. The zero-order valence-corrected chi connectivity index (χ0v) is 11.8. The van der Waals surface area contributed by atoms with E-state index in [1.165, 1.54) is 16.5 Å². The van der Waals surface area contributed by atoms with E-state index in [1.54, 1.807) is 0 Å². The van der Waals surface area contributed by atoms with Crippen molar-refractivity contribution in [2.75, 3.05) is 6.54 Å². The highest BCUT2D eigenvalue weighted by Crippen LogP contribution is 2.20. The molecule has 0 bridgehead atoms. The quantitative estimate of drug-likeness (QED) is 0.722. The molecular weight excluding hydrogens is 258 g/mol. The van der Waals surface area contributed by atoms with Gasteiger partial charge in [0, 0.05) is 30.2 Å². The number of H-pyrrole nitrogens is 1. The van der Waals surface area contributed by atoms with E-state index in [2.05, 4.69) is 40.2 Å². The lowest BCUT2D eigenvalue weighted by molar-refractivity contribution is 0.290. The molecule has 0 fully saturated rings. The first-order chi connectivity index (χ1) is 10.4. The van der Waals surface area contributed by atoms with Gasteiger partial charge in [0.15, 0.2) is 0 Å². The molecule has 3 nitrogen and oxygen atoms in total. The van der Waals surface area contributed by atoms with E-state index in [4.69, 9.17) is 5.26 Å². The maximum Gasteiger partial charge on any atom is 0.0871 e. The van der Waals surface area contributed by atoms with Crippen LogP contribution >= 0.6 is 0 Å². The van der Waals surface area contributed by atoms with Crippen LogP contribution in [0.1, 0.15) is 11.1 Å². The van der Waals surface area contributed by atoms with Gasteiger partial charge in [-0.2, -0.15) is 5.26 Å². The van der Waals surface area contributed by atoms with Gasteiger partial charge in [0.1, 0.15) is 0 Å². The fourth-order valence-electron chi connectivity index (χ4n) is 2.61. The van der Waals surface area contributed by atoms with E-state index < -0.39 is 0 Å². The number of aromatic nitrogens is 1. The summed E-state index contributed by atoms with van der Waals surface area (Å²) in [5, 5.41) is 10.3. The van der Waals surface area contributed by atoms with Crippen LogP contribution in [-0.4, -0.2) is 16.4 Å². The largest absolute Gasteiger partial charge is 0.361 e. The molecule has 21 heavy (non-hydrogen) atoms. The molecule has 0 atom stereocenters. The first-order valence-electron chi connectivity index (χ1n) is 7.05. The van der Waals surface area contributed by atoms with Crippen LogP contribution in [0.4, 0.5) is 0 Å². The number of rotatable bonds is 5. The number of nitrogens with one attached hydrogen (secondary N) is 1. The molecule has 0 saturated heterocycles. The monoisotopic (exact) mass is 275 g/mol. The van der Waals surface area contributed by atoms with Gasteiger partial charge in [0.05, 0.1) is 12.6 Å². The van der Waals surface area contributed by atoms with Gasteiger partial charge in [-0.3, -0.25) is 4.90 Å². The van der Waals surface area contributed by atoms with Gasteiger partial charge in [-0.15, -0.1) is 0 Å². The van der Waals surface area contributed by atoms with Gasteiger partial charge in [-0.1, -0.05) is 48.5 Å². The van der Waals surface area contributed by atoms with E-state index in [-0.39, 0.29) is 0 Å². The van der Waals surface area contributed by atoms with Crippen molar-refractivity contribution in [2.45, 2.75) is 13.1 Å². The lowest BCUT2D eigenvalue weighted by Crippen LogP contribution is -2.23. The highest BCUT2D eigenvalue weighted by molar-refractivity contribution is 5.82. The SMILES string of the molecule is N#CCN(Cc1ccccc1)Cc1c[nH]c2ccccc12. The number of nitriles is 1. The third kappa shape index (κ3) is 3.13. The van der Waals surface area contributed by atoms with Gasteiger partial charge in [0.2, 0.25) is 0 Å². The molecule has 3 aromatic rings. The number of nitrogens with zero attached hydrogens (tertiary/aromatic N) is 2. The average molecular weight is 275 g/mol. The van der Waals surface area contributed by atoms with Crippen LogP contribution in [0.2, 0.25) is 0 Å². The zero-order valence-electron chi connectivity index (χ0n) is 11.8. The Hall–Kier alpha value is -2.57. The van der Waals surface area contributed by atoms with Crippen molar-refractivity contribution in [2.24, 2.45) is 0 Å². The molecule has 0 saturated carbocycles. The van der Waals surface area contributed by atoms with Crippen LogP contribution in [0.25, 0.3) is 10.9 Å². The summed E-state index contributed by atoms with van der Waals surface area (Å²) >= 11 is 0. The maximum atomic E-state index is 9.06. The van der Waals surface area contributed by atoms with Gasteiger partial charge in [0.25, 0.3) is 0 Å². The van der Waals surface area contributed by atoms with Crippen LogP contribution < -0.4 is 0 Å². The van der Waals surface area contributed by atoms with Crippen molar-refractivity contribution in [3.63, 3.8) is 0 Å². The van der Waals surface area contributed by atoms with E-state index in [0.29, 0.717) is 6.54 Å². The number of para-hydroxylation sites is 1. The number of benzene rings is 2. The lowest BCUT2D eigenvalue weighted by atomic mass is 10.1. The highest BCUT2D eigenvalue weighted by Gasteiger charge is 2.10. The van der Waals surface area contributed by atoms with E-state index in [0.717, 1.165) is 18.6 Å². The van der Waals surface area contributed by atoms with Crippen LogP contribution in [0.3, 0.4) is 0 Å². The predicted molar refractivity (Wildman–Crippen MR) is 84.5 cm³/mol. The number of hydrogen-bond donors (Lipinski definition) is 1. The average Bonchev–Trinajstić information content (AvgIpc) is 2.92. The molecule has 1 heterocycles. The summed E-state index contributed by atoms with van der Waals surface area (Å²) in [6.07, 6.45) is 2.04. The lowest BCUT2D eigenvalue weighted by Gasteiger charge is -2.18. The number of aromatic amines is 1. The van der Waals surface area contributed by atoms with Crippen molar-refractivity contribution >= 4 is 10.9 Å². The van der Waals surface area contributed by atoms with Crippen LogP contribution in [0, 0.1) is 11.3 Å². The van der Waals surface area contributed by atoms with Gasteiger partial charge in [-0.25, -0.2) is 0 Å². The Bertz CT molecular complexity index is 753. The molecule has 1 N–H and O–H groups in total. The summed E-state index contributed by atoms with van der Waals surface area (Å²) in [6, 6.07) is 20.8. The fourth-order valence-corrected chi connectivity index (χ4v) is 2.61. The van der Waals surface area contributed by atoms with Crippen LogP contribution in [0.15, 0.2) is 60.8 Å². The minimum Gasteiger partial charge on any atom is -0.361 e. The van der Waals surface area contributed by atoms with Gasteiger partial charge in [-0.05, 0) is 17.2 Å². The summed E-state index contributed by atoms with van der Waals surface area (Å²) in [5.41, 5.74) is 3.61. The molecule has 3 heteroatoms. The molecule has 104 valence electrons. The van der Waals surface area contributed by atoms with Crippen molar-refractivity contribution in [3.8, 4) is 6.07 Å². The molecule has 0 radical (unpaired) electrons. The van der Waals surface area contributed by atoms with Gasteiger partial charge >= 0.3 is 0 Å². The van der Waals surface area contributed by atoms with E-state index in [1.807, 2.05) is 36.5 Å². The second-order valence-electron chi connectivity index (χ2n) is 5.15. The molecule has 0 aliphatic heterocycles. The second-order valence-corrected chi connectivity index (χ2v) is 5.15. The number of fused-ring (bicyclic) bond motifs is 1. The van der Waals surface area contributed by atoms with Crippen molar-refractivity contribution in [3.05, 3.63) is 71.9 Å². The molecular formula is C18H17N3. The van der Waals surface area contributed by atoms with Crippen molar-refractivity contribution in [1.29, 1.82) is 5.26 Å². The van der Waals surface area contributed by atoms with E-state index >= 15 is 0 Å². The Morgan fingerprint density at radius 1 is 0.952 bits per heavy atom. The minimum atomic E-state index is 0.425. The Kier molecular flexibility index (Phi) is 3.99. The van der Waals surface area contributed by atoms with Crippen LogP contribution in [-0.2, 0) is 13.1 Å². The normalized spacial score (nSPS) is 10.9. The summed E-state index contributed by atoms with van der Waals surface area (Å²) in [5.74, 6) is 0. The molecule has 2 aromatic carbocycles. The molecule has 1 aromatic heterocycles. The van der Waals surface area contributed by atoms with Gasteiger partial charge < -0.3 is 4.98 Å². The summed E-state index contributed by atoms with van der Waals surface area (Å²) in [6.45, 7) is 1.98. The van der Waals surface area contributed by atoms with Crippen LogP contribution in [0.5, 0.6) is 0 Å². The zero-order chi connectivity index (χ0) is 14.5. The topological polar surface area (TPSA) is 42.8 Å². The number of hydrogen-bond acceptors (Lipinski definition) is 2. The predicted octanol–water partition coefficient (Wildman–Crippen LogP) is 3.69. The molecule has 0 spiro atoms. The highest BCUT2D eigenvalue weighted by atomic mass is 15.1. The summed E-state index contributed by atoms with van der Waals surface area (Å²) in [4.78, 5) is 5.45. The summed E-state index contributed by atoms with van der Waals surface area (Å²) in [7, 11) is 0. The molecule has 3 rings (SSSR count). The Morgan fingerprint density at radius 2 is 1.71 bits per heavy atom. The standard InChI is InChI=1S/C18H17N3/c19-10-11-21(13-15-6-2-1-3-7-15)14-16-12-20-18-9-5-4-8-17(16)18/h1-9,12,20H,11,13-14H2. The first-order valence-corrected chi connectivity index (χ1v) is 7.05.